The Labute approximate surface area is 161 Å². The third kappa shape index (κ3) is 3.56. The number of halogens is 3. The quantitative estimate of drug-likeness (QED) is 0.723. The molecule has 1 aliphatic rings. The predicted octanol–water partition coefficient (Wildman–Crippen LogP) is 3.46. The van der Waals surface area contributed by atoms with Crippen molar-refractivity contribution in [3.8, 4) is 0 Å². The number of aryl methyl sites for hydroxylation is 1. The van der Waals surface area contributed by atoms with E-state index in [2.05, 4.69) is 0 Å². The molecule has 1 aliphatic heterocycles. The van der Waals surface area contributed by atoms with Crippen LogP contribution < -0.4 is 4.90 Å². The summed E-state index contributed by atoms with van der Waals surface area (Å²) in [5.41, 5.74) is 1.08. The van der Waals surface area contributed by atoms with Gasteiger partial charge in [-0.05, 0) is 48.7 Å². The summed E-state index contributed by atoms with van der Waals surface area (Å²) in [5, 5.41) is -0.183. The second kappa shape index (κ2) is 7.18. The van der Waals surface area contributed by atoms with Crippen molar-refractivity contribution in [2.24, 2.45) is 0 Å². The first kappa shape index (κ1) is 19.7. The van der Waals surface area contributed by atoms with Gasteiger partial charge in [0.15, 0.2) is 11.6 Å². The third-order valence-electron chi connectivity index (χ3n) is 4.43. The van der Waals surface area contributed by atoms with Crippen molar-refractivity contribution in [2.75, 3.05) is 25.5 Å². The highest BCUT2D eigenvalue weighted by atomic mass is 35.5. The van der Waals surface area contributed by atoms with Gasteiger partial charge in [-0.25, -0.2) is 21.5 Å². The van der Waals surface area contributed by atoms with Crippen LogP contribution in [0.3, 0.4) is 0 Å². The van der Waals surface area contributed by atoms with Crippen LogP contribution in [-0.4, -0.2) is 39.3 Å². The van der Waals surface area contributed by atoms with E-state index in [-0.39, 0.29) is 15.5 Å². The molecule has 2 aromatic rings. The van der Waals surface area contributed by atoms with Gasteiger partial charge in [-0.1, -0.05) is 11.6 Å². The number of nitrogens with zero attached hydrogens (tertiary/aromatic N) is 2. The molecule has 0 atom stereocenters. The average molecular weight is 415 g/mol. The Morgan fingerprint density at radius 1 is 1.15 bits per heavy atom. The summed E-state index contributed by atoms with van der Waals surface area (Å²) in [5.74, 6) is -2.86. The molecular formula is C18H17ClF2N2O3S. The minimum Gasteiger partial charge on any atom is -0.308 e. The number of rotatable bonds is 3. The molecule has 0 bridgehead atoms. The molecule has 1 amide bonds. The first-order valence-electron chi connectivity index (χ1n) is 8.15. The summed E-state index contributed by atoms with van der Waals surface area (Å²) in [7, 11) is -0.720. The standard InChI is InChI=1S/C18H17ClF2N2O3S/c1-22(2)27(25,26)12-5-6-17-11(8-12)4-3-7-23(17)18(24)13-9-15(20)16(21)10-14(13)19/h5-6,8-10H,3-4,7H2,1-2H3. The Hall–Kier alpha value is -2.03. The zero-order chi connectivity index (χ0) is 19.9. The normalized spacial score (nSPS) is 14.4. The van der Waals surface area contributed by atoms with Crippen LogP contribution in [0.1, 0.15) is 22.3 Å². The maximum Gasteiger partial charge on any atom is 0.259 e. The number of fused-ring (bicyclic) bond motifs is 1. The molecule has 0 radical (unpaired) electrons. The largest absolute Gasteiger partial charge is 0.308 e. The van der Waals surface area contributed by atoms with E-state index in [1.54, 1.807) is 6.07 Å². The summed E-state index contributed by atoms with van der Waals surface area (Å²) in [6.07, 6.45) is 1.20. The second-order valence-corrected chi connectivity index (χ2v) is 8.94. The molecule has 0 aromatic heterocycles. The molecule has 144 valence electrons. The van der Waals surface area contributed by atoms with Crippen LogP contribution in [0.4, 0.5) is 14.5 Å². The maximum atomic E-state index is 13.6. The lowest BCUT2D eigenvalue weighted by atomic mass is 10.0. The van der Waals surface area contributed by atoms with Crippen LogP contribution in [0.25, 0.3) is 0 Å². The lowest BCUT2D eigenvalue weighted by molar-refractivity contribution is 0.0984. The van der Waals surface area contributed by atoms with E-state index >= 15 is 0 Å². The first-order chi connectivity index (χ1) is 12.6. The molecule has 0 N–H and O–H groups in total. The van der Waals surface area contributed by atoms with Gasteiger partial charge in [-0.3, -0.25) is 4.79 Å². The van der Waals surface area contributed by atoms with E-state index in [0.29, 0.717) is 30.6 Å². The number of anilines is 1. The number of amides is 1. The number of hydrogen-bond donors (Lipinski definition) is 0. The third-order valence-corrected chi connectivity index (χ3v) is 6.56. The van der Waals surface area contributed by atoms with Gasteiger partial charge in [0.1, 0.15) is 0 Å². The minimum absolute atomic E-state index is 0.131. The number of carbonyl (C=O) groups is 1. The molecule has 0 fully saturated rings. The fourth-order valence-corrected chi connectivity index (χ4v) is 4.17. The minimum atomic E-state index is -3.60. The van der Waals surface area contributed by atoms with Crippen LogP contribution >= 0.6 is 11.6 Å². The molecule has 5 nitrogen and oxygen atoms in total. The van der Waals surface area contributed by atoms with Gasteiger partial charge in [-0.15, -0.1) is 0 Å². The van der Waals surface area contributed by atoms with Crippen molar-refractivity contribution >= 4 is 33.2 Å². The Morgan fingerprint density at radius 2 is 1.81 bits per heavy atom. The van der Waals surface area contributed by atoms with Crippen LogP contribution in [0.2, 0.25) is 5.02 Å². The zero-order valence-electron chi connectivity index (χ0n) is 14.7. The topological polar surface area (TPSA) is 57.7 Å². The molecule has 1 heterocycles. The maximum absolute atomic E-state index is 13.6. The van der Waals surface area contributed by atoms with Crippen LogP contribution in [0.5, 0.6) is 0 Å². The summed E-state index contributed by atoms with van der Waals surface area (Å²) in [6.45, 7) is 0.362. The molecular weight excluding hydrogens is 398 g/mol. The van der Waals surface area contributed by atoms with Crippen molar-refractivity contribution in [3.05, 3.63) is 58.1 Å². The summed E-state index contributed by atoms with van der Waals surface area (Å²) in [6, 6.07) is 6.06. The Balaban J connectivity index is 2.02. The Morgan fingerprint density at radius 3 is 2.48 bits per heavy atom. The number of benzene rings is 2. The van der Waals surface area contributed by atoms with Gasteiger partial charge in [0.05, 0.1) is 15.5 Å². The highest BCUT2D eigenvalue weighted by Gasteiger charge is 2.28. The van der Waals surface area contributed by atoms with Crippen molar-refractivity contribution in [1.29, 1.82) is 0 Å². The monoisotopic (exact) mass is 414 g/mol. The Kier molecular flexibility index (Phi) is 5.24. The summed E-state index contributed by atoms with van der Waals surface area (Å²) < 4.78 is 52.6. The predicted molar refractivity (Wildman–Crippen MR) is 98.7 cm³/mol. The smallest absolute Gasteiger partial charge is 0.259 e. The van der Waals surface area contributed by atoms with Gasteiger partial charge in [0, 0.05) is 26.3 Å². The van der Waals surface area contributed by atoms with Crippen molar-refractivity contribution < 1.29 is 22.0 Å². The highest BCUT2D eigenvalue weighted by Crippen LogP contribution is 2.32. The van der Waals surface area contributed by atoms with Crippen molar-refractivity contribution in [3.63, 3.8) is 0 Å². The van der Waals surface area contributed by atoms with Gasteiger partial charge >= 0.3 is 0 Å². The molecule has 0 saturated heterocycles. The summed E-state index contributed by atoms with van der Waals surface area (Å²) in [4.78, 5) is 14.4. The van der Waals surface area contributed by atoms with E-state index in [9.17, 15) is 22.0 Å². The number of carbonyl (C=O) groups excluding carboxylic acids is 1. The lowest BCUT2D eigenvalue weighted by Gasteiger charge is -2.30. The lowest BCUT2D eigenvalue weighted by Crippen LogP contribution is -2.36. The van der Waals surface area contributed by atoms with Crippen LogP contribution in [-0.2, 0) is 16.4 Å². The van der Waals surface area contributed by atoms with Crippen LogP contribution in [0, 0.1) is 11.6 Å². The zero-order valence-corrected chi connectivity index (χ0v) is 16.2. The van der Waals surface area contributed by atoms with E-state index in [1.807, 2.05) is 0 Å². The number of sulfonamides is 1. The van der Waals surface area contributed by atoms with Gasteiger partial charge < -0.3 is 4.90 Å². The molecule has 0 aliphatic carbocycles. The van der Waals surface area contributed by atoms with E-state index in [1.165, 1.54) is 31.1 Å². The highest BCUT2D eigenvalue weighted by molar-refractivity contribution is 7.89. The van der Waals surface area contributed by atoms with Gasteiger partial charge in [0.25, 0.3) is 5.91 Å². The SMILES string of the molecule is CN(C)S(=O)(=O)c1ccc2c(c1)CCCN2C(=O)c1cc(F)c(F)cc1Cl. The van der Waals surface area contributed by atoms with Crippen LogP contribution in [0.15, 0.2) is 35.2 Å². The van der Waals surface area contributed by atoms with E-state index < -0.39 is 27.6 Å². The fraction of sp³-hybridized carbons (Fsp3) is 0.278. The van der Waals surface area contributed by atoms with E-state index in [4.69, 9.17) is 11.6 Å². The average Bonchev–Trinajstić information content (AvgIpc) is 2.63. The fourth-order valence-electron chi connectivity index (χ4n) is 2.99. The first-order valence-corrected chi connectivity index (χ1v) is 9.96. The van der Waals surface area contributed by atoms with Gasteiger partial charge in [-0.2, -0.15) is 0 Å². The molecule has 2 aromatic carbocycles. The number of hydrogen-bond acceptors (Lipinski definition) is 3. The van der Waals surface area contributed by atoms with E-state index in [0.717, 1.165) is 16.4 Å². The summed E-state index contributed by atoms with van der Waals surface area (Å²) >= 11 is 5.92. The molecule has 0 spiro atoms. The second-order valence-electron chi connectivity index (χ2n) is 6.38. The molecule has 0 unspecified atom stereocenters. The molecule has 27 heavy (non-hydrogen) atoms. The molecule has 3 rings (SSSR count). The van der Waals surface area contributed by atoms with Crippen molar-refractivity contribution in [1.82, 2.24) is 4.31 Å². The molecule has 0 saturated carbocycles. The van der Waals surface area contributed by atoms with Gasteiger partial charge in [0.2, 0.25) is 10.0 Å². The Bertz CT molecular complexity index is 1030. The van der Waals surface area contributed by atoms with Crippen molar-refractivity contribution in [2.45, 2.75) is 17.7 Å². The molecule has 9 heteroatoms.